The molecule has 3 aromatic rings. The summed E-state index contributed by atoms with van der Waals surface area (Å²) in [5.74, 6) is 0. The predicted molar refractivity (Wildman–Crippen MR) is 83.3 cm³/mol. The quantitative estimate of drug-likeness (QED) is 0.632. The maximum atomic E-state index is 12.5. The first-order chi connectivity index (χ1) is 10.4. The van der Waals surface area contributed by atoms with Gasteiger partial charge >= 0.3 is 5.69 Å². The highest BCUT2D eigenvalue weighted by Gasteiger charge is 2.21. The number of imidazole rings is 1. The first kappa shape index (κ1) is 14.9. The molecule has 10 heteroatoms. The van der Waals surface area contributed by atoms with Gasteiger partial charge in [0.15, 0.2) is 0 Å². The van der Waals surface area contributed by atoms with E-state index >= 15 is 0 Å². The van der Waals surface area contributed by atoms with Gasteiger partial charge in [0.25, 0.3) is 10.0 Å². The van der Waals surface area contributed by atoms with Crippen molar-refractivity contribution in [1.29, 1.82) is 0 Å². The number of nitrogens with zero attached hydrogens (tertiary/aromatic N) is 1. The third kappa shape index (κ3) is 2.55. The Balaban J connectivity index is 2.08. The van der Waals surface area contributed by atoms with Crippen molar-refractivity contribution >= 4 is 42.7 Å². The Morgan fingerprint density at radius 1 is 1.32 bits per heavy atom. The molecule has 0 unspecified atom stereocenters. The molecule has 0 saturated heterocycles. The Bertz CT molecular complexity index is 1000. The lowest BCUT2D eigenvalue weighted by atomic mass is 10.3. The molecule has 0 aliphatic rings. The van der Waals surface area contributed by atoms with Gasteiger partial charge in [-0.25, -0.2) is 13.2 Å². The molecule has 0 atom stereocenters. The minimum atomic E-state index is -3.86. The fraction of sp³-hybridized carbons (Fsp3) is 0.167. The lowest BCUT2D eigenvalue weighted by Gasteiger charge is -2.08. The van der Waals surface area contributed by atoms with Gasteiger partial charge in [-0.05, 0) is 34.5 Å². The van der Waals surface area contributed by atoms with Crippen molar-refractivity contribution in [1.82, 2.24) is 15.1 Å². The van der Waals surface area contributed by atoms with E-state index in [1.165, 1.54) is 18.4 Å². The fourth-order valence-corrected chi connectivity index (χ4v) is 4.18. The molecule has 0 spiro atoms. The Morgan fingerprint density at radius 2 is 2.00 bits per heavy atom. The molecule has 8 nitrogen and oxygen atoms in total. The average molecular weight is 387 g/mol. The minimum Gasteiger partial charge on any atom is -0.362 e. The summed E-state index contributed by atoms with van der Waals surface area (Å²) in [6, 6.07) is 2.90. The second-order valence-corrected chi connectivity index (χ2v) is 7.05. The fourth-order valence-electron chi connectivity index (χ4n) is 2.04. The van der Waals surface area contributed by atoms with Crippen LogP contribution in [-0.2, 0) is 16.4 Å². The highest BCUT2D eigenvalue weighted by Crippen LogP contribution is 2.28. The van der Waals surface area contributed by atoms with Gasteiger partial charge in [-0.1, -0.05) is 12.1 Å². The third-order valence-electron chi connectivity index (χ3n) is 3.08. The molecule has 0 radical (unpaired) electrons. The van der Waals surface area contributed by atoms with Crippen LogP contribution in [0.4, 0.5) is 5.69 Å². The van der Waals surface area contributed by atoms with Crippen molar-refractivity contribution < 1.29 is 12.9 Å². The van der Waals surface area contributed by atoms with Crippen molar-refractivity contribution in [2.75, 3.05) is 4.72 Å². The van der Waals surface area contributed by atoms with Crippen molar-refractivity contribution in [2.24, 2.45) is 0 Å². The SMILES string of the molecule is CCc1nocc1NS(=O)(=O)c1cc2[nH]c(=O)[nH]c2cc1Br. The minimum absolute atomic E-state index is 0.00139. The molecule has 2 aromatic heterocycles. The number of benzene rings is 1. The van der Waals surface area contributed by atoms with Crippen LogP contribution in [0, 0.1) is 0 Å². The first-order valence-electron chi connectivity index (χ1n) is 6.28. The zero-order valence-electron chi connectivity index (χ0n) is 11.3. The van der Waals surface area contributed by atoms with E-state index in [4.69, 9.17) is 4.52 Å². The van der Waals surface area contributed by atoms with E-state index in [-0.39, 0.29) is 10.6 Å². The van der Waals surface area contributed by atoms with E-state index in [1.807, 2.05) is 6.92 Å². The predicted octanol–water partition coefficient (Wildman–Crippen LogP) is 1.97. The highest BCUT2D eigenvalue weighted by molar-refractivity contribution is 9.10. The van der Waals surface area contributed by atoms with Gasteiger partial charge in [0.05, 0.1) is 11.0 Å². The molecule has 0 aliphatic heterocycles. The Kier molecular flexibility index (Phi) is 3.57. The number of aryl methyl sites for hydroxylation is 1. The summed E-state index contributed by atoms with van der Waals surface area (Å²) < 4.78 is 32.6. The second-order valence-electron chi connectivity index (χ2n) is 4.54. The van der Waals surface area contributed by atoms with Crippen LogP contribution in [0.3, 0.4) is 0 Å². The summed E-state index contributed by atoms with van der Waals surface area (Å²) in [5, 5.41) is 3.72. The summed E-state index contributed by atoms with van der Waals surface area (Å²) >= 11 is 3.21. The molecule has 3 N–H and O–H groups in total. The van der Waals surface area contributed by atoms with E-state index in [1.54, 1.807) is 0 Å². The molecule has 116 valence electrons. The molecule has 0 aliphatic carbocycles. The summed E-state index contributed by atoms with van der Waals surface area (Å²) in [6.07, 6.45) is 1.76. The van der Waals surface area contributed by atoms with E-state index < -0.39 is 15.7 Å². The normalized spacial score (nSPS) is 11.9. The summed E-state index contributed by atoms with van der Waals surface area (Å²) in [7, 11) is -3.86. The smallest absolute Gasteiger partial charge is 0.323 e. The topological polar surface area (TPSA) is 121 Å². The van der Waals surface area contributed by atoms with E-state index in [9.17, 15) is 13.2 Å². The largest absolute Gasteiger partial charge is 0.362 e. The first-order valence-corrected chi connectivity index (χ1v) is 8.56. The number of aromatic amines is 2. The number of nitrogens with one attached hydrogen (secondary N) is 3. The van der Waals surface area contributed by atoms with Crippen LogP contribution in [-0.4, -0.2) is 23.5 Å². The molecule has 0 amide bonds. The number of sulfonamides is 1. The van der Waals surface area contributed by atoms with Gasteiger partial charge in [0, 0.05) is 4.47 Å². The lowest BCUT2D eigenvalue weighted by molar-refractivity contribution is 0.412. The maximum Gasteiger partial charge on any atom is 0.323 e. The molecule has 0 saturated carbocycles. The summed E-state index contributed by atoms with van der Waals surface area (Å²) in [6.45, 7) is 1.84. The summed E-state index contributed by atoms with van der Waals surface area (Å²) in [4.78, 5) is 16.4. The molecule has 2 heterocycles. The number of hydrogen-bond donors (Lipinski definition) is 3. The van der Waals surface area contributed by atoms with Crippen molar-refractivity contribution in [3.8, 4) is 0 Å². The van der Waals surface area contributed by atoms with E-state index in [0.29, 0.717) is 27.6 Å². The Morgan fingerprint density at radius 3 is 2.68 bits per heavy atom. The number of anilines is 1. The van der Waals surface area contributed by atoms with Gasteiger partial charge in [0.1, 0.15) is 22.5 Å². The van der Waals surface area contributed by atoms with Crippen LogP contribution in [0.25, 0.3) is 11.0 Å². The zero-order chi connectivity index (χ0) is 15.9. The molecule has 3 rings (SSSR count). The average Bonchev–Trinajstić information content (AvgIpc) is 3.01. The molecule has 22 heavy (non-hydrogen) atoms. The van der Waals surface area contributed by atoms with E-state index in [0.717, 1.165) is 0 Å². The van der Waals surface area contributed by atoms with E-state index in [2.05, 4.69) is 35.8 Å². The van der Waals surface area contributed by atoms with Crippen LogP contribution in [0.5, 0.6) is 0 Å². The van der Waals surface area contributed by atoms with Crippen LogP contribution in [0.2, 0.25) is 0 Å². The summed E-state index contributed by atoms with van der Waals surface area (Å²) in [5.41, 5.74) is 1.30. The maximum absolute atomic E-state index is 12.5. The number of aromatic nitrogens is 3. The number of rotatable bonds is 4. The molecular weight excluding hydrogens is 376 g/mol. The second kappa shape index (κ2) is 5.29. The van der Waals surface area contributed by atoms with Gasteiger partial charge in [-0.2, -0.15) is 0 Å². The molecule has 0 fully saturated rings. The molecular formula is C12H11BrN4O4S. The third-order valence-corrected chi connectivity index (χ3v) is 5.41. The number of halogens is 1. The van der Waals surface area contributed by atoms with Crippen LogP contribution < -0.4 is 10.4 Å². The Labute approximate surface area is 133 Å². The number of H-pyrrole nitrogens is 2. The molecule has 0 bridgehead atoms. The number of hydrogen-bond acceptors (Lipinski definition) is 5. The van der Waals surface area contributed by atoms with Crippen LogP contribution in [0.15, 0.2) is 37.1 Å². The van der Waals surface area contributed by atoms with Crippen molar-refractivity contribution in [3.05, 3.63) is 39.0 Å². The monoisotopic (exact) mass is 386 g/mol. The number of fused-ring (bicyclic) bond motifs is 1. The molecule has 1 aromatic carbocycles. The standard InChI is InChI=1S/C12H11BrN4O4S/c1-2-7-10(5-21-16-7)17-22(19,20)11-4-9-8(3-6(11)13)14-12(18)15-9/h3-5,17H,2H2,1H3,(H2,14,15,18). The van der Waals surface area contributed by atoms with Gasteiger partial charge in [-0.15, -0.1) is 0 Å². The van der Waals surface area contributed by atoms with Crippen LogP contribution in [0.1, 0.15) is 12.6 Å². The van der Waals surface area contributed by atoms with Gasteiger partial charge in [0.2, 0.25) is 0 Å². The van der Waals surface area contributed by atoms with Gasteiger partial charge < -0.3 is 14.5 Å². The van der Waals surface area contributed by atoms with Crippen LogP contribution >= 0.6 is 15.9 Å². The van der Waals surface area contributed by atoms with Gasteiger partial charge in [-0.3, -0.25) is 4.72 Å². The lowest BCUT2D eigenvalue weighted by Crippen LogP contribution is -2.14. The van der Waals surface area contributed by atoms with Crippen molar-refractivity contribution in [3.63, 3.8) is 0 Å². The highest BCUT2D eigenvalue weighted by atomic mass is 79.9. The van der Waals surface area contributed by atoms with Crippen molar-refractivity contribution in [2.45, 2.75) is 18.2 Å². The zero-order valence-corrected chi connectivity index (χ0v) is 13.7. The Hall–Kier alpha value is -2.07.